The molecule has 0 aromatic rings. The molecule has 0 atom stereocenters. The van der Waals surface area contributed by atoms with Gasteiger partial charge in [-0.05, 0) is 31.2 Å². The standard InChI is InChI=1S/C16H34N2O2/c1-4-5-8-18(9-10-19)14-16(13-17-15(2)3)6-11-20-12-7-16/h15,17,19H,4-14H2,1-3H3. The number of nitrogens with one attached hydrogen (secondary N) is 1. The molecule has 0 saturated carbocycles. The predicted molar refractivity (Wildman–Crippen MR) is 84.1 cm³/mol. The number of aliphatic hydroxyl groups is 1. The maximum Gasteiger partial charge on any atom is 0.0558 e. The van der Waals surface area contributed by atoms with Crippen molar-refractivity contribution in [2.45, 2.75) is 52.5 Å². The van der Waals surface area contributed by atoms with Crippen LogP contribution in [-0.4, -0.2) is 62.0 Å². The van der Waals surface area contributed by atoms with Crippen LogP contribution in [-0.2, 0) is 4.74 Å². The molecule has 2 N–H and O–H groups in total. The first kappa shape index (κ1) is 17.9. The molecule has 1 saturated heterocycles. The zero-order valence-corrected chi connectivity index (χ0v) is 13.7. The molecular weight excluding hydrogens is 252 g/mol. The molecule has 1 fully saturated rings. The normalized spacial score (nSPS) is 18.9. The monoisotopic (exact) mass is 286 g/mol. The Hall–Kier alpha value is -0.160. The maximum absolute atomic E-state index is 9.29. The second-order valence-electron chi connectivity index (χ2n) is 6.50. The molecule has 1 heterocycles. The van der Waals surface area contributed by atoms with E-state index in [2.05, 4.69) is 31.0 Å². The molecule has 0 radical (unpaired) electrons. The van der Waals surface area contributed by atoms with Gasteiger partial charge in [0.2, 0.25) is 0 Å². The maximum atomic E-state index is 9.29. The molecule has 1 rings (SSSR count). The van der Waals surface area contributed by atoms with Crippen molar-refractivity contribution in [1.29, 1.82) is 0 Å². The second-order valence-corrected chi connectivity index (χ2v) is 6.50. The van der Waals surface area contributed by atoms with Crippen LogP contribution < -0.4 is 5.32 Å². The molecule has 4 nitrogen and oxygen atoms in total. The topological polar surface area (TPSA) is 44.7 Å². The number of aliphatic hydroxyl groups excluding tert-OH is 1. The molecule has 0 spiro atoms. The summed E-state index contributed by atoms with van der Waals surface area (Å²) in [6.07, 6.45) is 4.67. The van der Waals surface area contributed by atoms with Gasteiger partial charge in [0.15, 0.2) is 0 Å². The van der Waals surface area contributed by atoms with Crippen LogP contribution in [0.5, 0.6) is 0 Å². The van der Waals surface area contributed by atoms with E-state index in [1.807, 2.05) is 0 Å². The zero-order chi connectivity index (χ0) is 14.8. The molecule has 0 unspecified atom stereocenters. The van der Waals surface area contributed by atoms with Crippen molar-refractivity contribution in [2.24, 2.45) is 5.41 Å². The quantitative estimate of drug-likeness (QED) is 0.643. The van der Waals surface area contributed by atoms with Crippen LogP contribution in [0.4, 0.5) is 0 Å². The molecule has 4 heteroatoms. The third-order valence-corrected chi connectivity index (χ3v) is 4.24. The van der Waals surface area contributed by atoms with Gasteiger partial charge in [-0.25, -0.2) is 0 Å². The fourth-order valence-electron chi connectivity index (χ4n) is 2.88. The summed E-state index contributed by atoms with van der Waals surface area (Å²) in [6.45, 7) is 12.7. The minimum absolute atomic E-state index is 0.258. The molecular formula is C16H34N2O2. The summed E-state index contributed by atoms with van der Waals surface area (Å²) in [6, 6.07) is 0.525. The molecule has 0 aliphatic carbocycles. The summed E-state index contributed by atoms with van der Waals surface area (Å²) in [7, 11) is 0. The van der Waals surface area contributed by atoms with Crippen LogP contribution in [0.2, 0.25) is 0 Å². The summed E-state index contributed by atoms with van der Waals surface area (Å²) < 4.78 is 5.56. The van der Waals surface area contributed by atoms with E-state index in [0.29, 0.717) is 11.5 Å². The van der Waals surface area contributed by atoms with Crippen LogP contribution in [0, 0.1) is 5.41 Å². The largest absolute Gasteiger partial charge is 0.395 e. The van der Waals surface area contributed by atoms with Gasteiger partial charge in [0.1, 0.15) is 0 Å². The lowest BCUT2D eigenvalue weighted by Gasteiger charge is -2.41. The third-order valence-electron chi connectivity index (χ3n) is 4.24. The van der Waals surface area contributed by atoms with Crippen LogP contribution in [0.25, 0.3) is 0 Å². The van der Waals surface area contributed by atoms with Crippen LogP contribution in [0.3, 0.4) is 0 Å². The Kier molecular flexibility index (Phi) is 8.69. The van der Waals surface area contributed by atoms with Gasteiger partial charge in [-0.1, -0.05) is 27.2 Å². The third kappa shape index (κ3) is 6.53. The average Bonchev–Trinajstić information content (AvgIpc) is 2.44. The van der Waals surface area contributed by atoms with Crippen molar-refractivity contribution >= 4 is 0 Å². The van der Waals surface area contributed by atoms with E-state index in [-0.39, 0.29) is 6.61 Å². The highest BCUT2D eigenvalue weighted by Crippen LogP contribution is 2.31. The lowest BCUT2D eigenvalue weighted by atomic mass is 9.79. The van der Waals surface area contributed by atoms with Crippen molar-refractivity contribution in [1.82, 2.24) is 10.2 Å². The van der Waals surface area contributed by atoms with Gasteiger partial charge in [0.25, 0.3) is 0 Å². The number of nitrogens with zero attached hydrogens (tertiary/aromatic N) is 1. The molecule has 0 bridgehead atoms. The zero-order valence-electron chi connectivity index (χ0n) is 13.7. The summed E-state index contributed by atoms with van der Waals surface area (Å²) in [5, 5.41) is 12.9. The minimum Gasteiger partial charge on any atom is -0.395 e. The Morgan fingerprint density at radius 2 is 1.95 bits per heavy atom. The molecule has 0 amide bonds. The Morgan fingerprint density at radius 1 is 1.25 bits per heavy atom. The fraction of sp³-hybridized carbons (Fsp3) is 1.00. The average molecular weight is 286 g/mol. The Labute approximate surface area is 124 Å². The first-order chi connectivity index (χ1) is 9.62. The second kappa shape index (κ2) is 9.72. The highest BCUT2D eigenvalue weighted by atomic mass is 16.5. The Bertz CT molecular complexity index is 241. The van der Waals surface area contributed by atoms with Gasteiger partial charge in [-0.3, -0.25) is 0 Å². The van der Waals surface area contributed by atoms with Gasteiger partial charge < -0.3 is 20.1 Å². The van der Waals surface area contributed by atoms with E-state index in [1.165, 1.54) is 12.8 Å². The SMILES string of the molecule is CCCCN(CCO)CC1(CNC(C)C)CCOCC1. The summed E-state index contributed by atoms with van der Waals surface area (Å²) >= 11 is 0. The van der Waals surface area contributed by atoms with Crippen molar-refractivity contribution in [3.05, 3.63) is 0 Å². The number of rotatable bonds is 10. The molecule has 0 aromatic carbocycles. The highest BCUT2D eigenvalue weighted by Gasteiger charge is 2.34. The van der Waals surface area contributed by atoms with E-state index < -0.39 is 0 Å². The van der Waals surface area contributed by atoms with Crippen LogP contribution in [0.1, 0.15) is 46.5 Å². The molecule has 0 aromatic heterocycles. The Balaban J connectivity index is 2.59. The first-order valence-electron chi connectivity index (χ1n) is 8.26. The number of ether oxygens (including phenoxy) is 1. The summed E-state index contributed by atoms with van der Waals surface area (Å²) in [5.74, 6) is 0. The van der Waals surface area contributed by atoms with Gasteiger partial charge in [-0.15, -0.1) is 0 Å². The van der Waals surface area contributed by atoms with Crippen molar-refractivity contribution < 1.29 is 9.84 Å². The van der Waals surface area contributed by atoms with E-state index in [4.69, 9.17) is 4.74 Å². The van der Waals surface area contributed by atoms with Crippen molar-refractivity contribution in [3.63, 3.8) is 0 Å². The van der Waals surface area contributed by atoms with Crippen molar-refractivity contribution in [2.75, 3.05) is 46.0 Å². The molecule has 20 heavy (non-hydrogen) atoms. The Morgan fingerprint density at radius 3 is 2.50 bits per heavy atom. The highest BCUT2D eigenvalue weighted by molar-refractivity contribution is 4.87. The predicted octanol–water partition coefficient (Wildman–Crippen LogP) is 1.88. The first-order valence-corrected chi connectivity index (χ1v) is 8.26. The van der Waals surface area contributed by atoms with E-state index >= 15 is 0 Å². The van der Waals surface area contributed by atoms with Gasteiger partial charge in [0, 0.05) is 38.9 Å². The number of hydrogen-bond donors (Lipinski definition) is 2. The van der Waals surface area contributed by atoms with Gasteiger partial charge >= 0.3 is 0 Å². The molecule has 120 valence electrons. The smallest absolute Gasteiger partial charge is 0.0558 e. The fourth-order valence-corrected chi connectivity index (χ4v) is 2.88. The lowest BCUT2D eigenvalue weighted by Crippen LogP contribution is -2.49. The van der Waals surface area contributed by atoms with Crippen LogP contribution >= 0.6 is 0 Å². The summed E-state index contributed by atoms with van der Waals surface area (Å²) in [4.78, 5) is 2.44. The minimum atomic E-state index is 0.258. The van der Waals surface area contributed by atoms with E-state index in [9.17, 15) is 5.11 Å². The van der Waals surface area contributed by atoms with E-state index in [0.717, 1.165) is 52.2 Å². The van der Waals surface area contributed by atoms with Crippen molar-refractivity contribution in [3.8, 4) is 0 Å². The van der Waals surface area contributed by atoms with Gasteiger partial charge in [-0.2, -0.15) is 0 Å². The molecule has 1 aliphatic rings. The molecule has 1 aliphatic heterocycles. The number of unbranched alkanes of at least 4 members (excludes halogenated alkanes) is 1. The van der Waals surface area contributed by atoms with Crippen LogP contribution in [0.15, 0.2) is 0 Å². The van der Waals surface area contributed by atoms with Gasteiger partial charge in [0.05, 0.1) is 6.61 Å². The van der Waals surface area contributed by atoms with E-state index in [1.54, 1.807) is 0 Å². The number of hydrogen-bond acceptors (Lipinski definition) is 4. The summed E-state index contributed by atoms with van der Waals surface area (Å²) in [5.41, 5.74) is 0.311. The lowest BCUT2D eigenvalue weighted by molar-refractivity contribution is -0.00752.